The maximum absolute atomic E-state index is 13.3. The van der Waals surface area contributed by atoms with E-state index < -0.39 is 17.3 Å². The van der Waals surface area contributed by atoms with Gasteiger partial charge in [-0.15, -0.1) is 0 Å². The Morgan fingerprint density at radius 3 is 2.63 bits per heavy atom. The second kappa shape index (κ2) is 5.28. The van der Waals surface area contributed by atoms with Gasteiger partial charge in [0.05, 0.1) is 12.7 Å². The maximum Gasteiger partial charge on any atom is 0.338 e. The van der Waals surface area contributed by atoms with Crippen LogP contribution in [0.15, 0.2) is 36.4 Å². The van der Waals surface area contributed by atoms with Crippen LogP contribution in [0.4, 0.5) is 4.39 Å². The van der Waals surface area contributed by atoms with Crippen LogP contribution in [0, 0.1) is 5.82 Å². The zero-order valence-electron chi connectivity index (χ0n) is 9.98. The number of carboxylic acids is 1. The Morgan fingerprint density at radius 2 is 2.00 bits per heavy atom. The first-order chi connectivity index (χ1) is 9.02. The van der Waals surface area contributed by atoms with E-state index in [9.17, 15) is 9.18 Å². The van der Waals surface area contributed by atoms with Crippen molar-refractivity contribution in [1.82, 2.24) is 0 Å². The highest BCUT2D eigenvalue weighted by atomic mass is 35.5. The molecule has 2 aromatic rings. The summed E-state index contributed by atoms with van der Waals surface area (Å²) >= 11 is 6.06. The Hall–Kier alpha value is -2.07. The van der Waals surface area contributed by atoms with Gasteiger partial charge in [-0.25, -0.2) is 9.18 Å². The smallest absolute Gasteiger partial charge is 0.338 e. The minimum absolute atomic E-state index is 0.392. The minimum Gasteiger partial charge on any atom is -0.497 e. The molecular formula is C14H10ClFO3. The number of rotatable bonds is 3. The summed E-state index contributed by atoms with van der Waals surface area (Å²) in [7, 11) is 1.51. The molecule has 0 saturated heterocycles. The molecule has 0 fully saturated rings. The Bertz CT molecular complexity index is 641. The van der Waals surface area contributed by atoms with Gasteiger partial charge >= 0.3 is 5.97 Å². The van der Waals surface area contributed by atoms with Gasteiger partial charge in [0.1, 0.15) is 11.6 Å². The second-order valence-corrected chi connectivity index (χ2v) is 4.25. The number of ether oxygens (including phenoxy) is 1. The molecule has 0 heterocycles. The van der Waals surface area contributed by atoms with Crippen molar-refractivity contribution >= 4 is 17.6 Å². The molecular weight excluding hydrogens is 271 g/mol. The molecule has 0 aliphatic heterocycles. The Morgan fingerprint density at radius 1 is 1.26 bits per heavy atom. The number of hydrogen-bond acceptors (Lipinski definition) is 2. The normalized spacial score (nSPS) is 10.3. The van der Waals surface area contributed by atoms with E-state index in [0.29, 0.717) is 21.9 Å². The lowest BCUT2D eigenvalue weighted by Crippen LogP contribution is -2.00. The number of hydrogen-bond donors (Lipinski definition) is 1. The second-order valence-electron chi connectivity index (χ2n) is 3.85. The van der Waals surface area contributed by atoms with Crippen LogP contribution >= 0.6 is 11.6 Å². The third kappa shape index (κ3) is 2.69. The lowest BCUT2D eigenvalue weighted by Gasteiger charge is -2.08. The van der Waals surface area contributed by atoms with Crippen LogP contribution < -0.4 is 4.74 Å². The van der Waals surface area contributed by atoms with Gasteiger partial charge in [-0.2, -0.15) is 0 Å². The highest BCUT2D eigenvalue weighted by Gasteiger charge is 2.13. The van der Waals surface area contributed by atoms with Crippen LogP contribution in [-0.4, -0.2) is 18.2 Å². The molecule has 0 unspecified atom stereocenters. The summed E-state index contributed by atoms with van der Waals surface area (Å²) in [5, 5.41) is 9.34. The topological polar surface area (TPSA) is 46.5 Å². The van der Waals surface area contributed by atoms with Gasteiger partial charge in [-0.05, 0) is 35.9 Å². The lowest BCUT2D eigenvalue weighted by atomic mass is 10.0. The van der Waals surface area contributed by atoms with Crippen molar-refractivity contribution < 1.29 is 19.0 Å². The number of methoxy groups -OCH3 is 1. The zero-order valence-corrected chi connectivity index (χ0v) is 10.7. The van der Waals surface area contributed by atoms with Crippen molar-refractivity contribution in [3.05, 3.63) is 52.8 Å². The Labute approximate surface area is 114 Å². The van der Waals surface area contributed by atoms with Gasteiger partial charge in [-0.1, -0.05) is 17.7 Å². The number of halogens is 2. The van der Waals surface area contributed by atoms with E-state index in [1.807, 2.05) is 0 Å². The summed E-state index contributed by atoms with van der Waals surface area (Å²) in [5.41, 5.74) is 0.711. The van der Waals surface area contributed by atoms with Crippen molar-refractivity contribution in [2.45, 2.75) is 0 Å². The van der Waals surface area contributed by atoms with Gasteiger partial charge < -0.3 is 9.84 Å². The van der Waals surface area contributed by atoms with E-state index in [0.717, 1.165) is 6.07 Å². The molecule has 3 nitrogen and oxygen atoms in total. The van der Waals surface area contributed by atoms with Gasteiger partial charge in [0.25, 0.3) is 0 Å². The predicted molar refractivity (Wildman–Crippen MR) is 70.4 cm³/mol. The van der Waals surface area contributed by atoms with E-state index in [4.69, 9.17) is 21.4 Å². The molecule has 98 valence electrons. The van der Waals surface area contributed by atoms with Gasteiger partial charge in [0.2, 0.25) is 0 Å². The first-order valence-electron chi connectivity index (χ1n) is 5.39. The van der Waals surface area contributed by atoms with Crippen LogP contribution in [0.25, 0.3) is 11.1 Å². The highest BCUT2D eigenvalue weighted by molar-refractivity contribution is 6.33. The average Bonchev–Trinajstić information content (AvgIpc) is 2.40. The minimum atomic E-state index is -1.32. The van der Waals surface area contributed by atoms with Crippen LogP contribution in [-0.2, 0) is 0 Å². The fraction of sp³-hybridized carbons (Fsp3) is 0.0714. The van der Waals surface area contributed by atoms with Crippen molar-refractivity contribution in [3.63, 3.8) is 0 Å². The summed E-state index contributed by atoms with van der Waals surface area (Å²) in [6, 6.07) is 8.82. The van der Waals surface area contributed by atoms with E-state index in [-0.39, 0.29) is 0 Å². The fourth-order valence-corrected chi connectivity index (χ4v) is 1.94. The van der Waals surface area contributed by atoms with E-state index in [1.165, 1.54) is 19.2 Å². The van der Waals surface area contributed by atoms with Crippen molar-refractivity contribution in [1.29, 1.82) is 0 Å². The van der Waals surface area contributed by atoms with Gasteiger partial charge in [0, 0.05) is 10.6 Å². The molecule has 0 spiro atoms. The molecule has 0 aliphatic carbocycles. The molecule has 0 aliphatic rings. The molecule has 0 amide bonds. The largest absolute Gasteiger partial charge is 0.497 e. The molecule has 2 aromatic carbocycles. The molecule has 0 bridgehead atoms. The molecule has 0 radical (unpaired) electrons. The summed E-state index contributed by atoms with van der Waals surface area (Å²) in [6.07, 6.45) is 0. The standard InChI is InChI=1S/C14H10ClFO3/c1-19-9-3-4-12(15)10(7-9)8-2-5-13(16)11(6-8)14(17)18/h2-7H,1H3,(H,17,18). The molecule has 5 heteroatoms. The molecule has 19 heavy (non-hydrogen) atoms. The molecule has 1 N–H and O–H groups in total. The Balaban J connectivity index is 2.59. The third-order valence-electron chi connectivity index (χ3n) is 2.68. The number of benzene rings is 2. The lowest BCUT2D eigenvalue weighted by molar-refractivity contribution is 0.0692. The summed E-state index contributed by atoms with van der Waals surface area (Å²) in [6.45, 7) is 0. The van der Waals surface area contributed by atoms with Crippen molar-refractivity contribution in [2.24, 2.45) is 0 Å². The maximum atomic E-state index is 13.3. The fourth-order valence-electron chi connectivity index (χ4n) is 1.71. The van der Waals surface area contributed by atoms with Gasteiger partial charge in [0.15, 0.2) is 0 Å². The summed E-state index contributed by atoms with van der Waals surface area (Å²) in [4.78, 5) is 10.9. The molecule has 0 saturated carbocycles. The number of carboxylic acid groups (broad SMARTS) is 1. The van der Waals surface area contributed by atoms with E-state index in [1.54, 1.807) is 18.2 Å². The Kier molecular flexibility index (Phi) is 3.71. The van der Waals surface area contributed by atoms with Gasteiger partial charge in [-0.3, -0.25) is 0 Å². The molecule has 0 aromatic heterocycles. The first-order valence-corrected chi connectivity index (χ1v) is 5.77. The van der Waals surface area contributed by atoms with E-state index in [2.05, 4.69) is 0 Å². The van der Waals surface area contributed by atoms with Crippen molar-refractivity contribution in [3.8, 4) is 16.9 Å². The SMILES string of the molecule is COc1ccc(Cl)c(-c2ccc(F)c(C(=O)O)c2)c1. The number of aromatic carboxylic acids is 1. The third-order valence-corrected chi connectivity index (χ3v) is 3.01. The molecule has 2 rings (SSSR count). The van der Waals surface area contributed by atoms with Crippen LogP contribution in [0.5, 0.6) is 5.75 Å². The number of carbonyl (C=O) groups is 1. The monoisotopic (exact) mass is 280 g/mol. The highest BCUT2D eigenvalue weighted by Crippen LogP contribution is 2.32. The van der Waals surface area contributed by atoms with Crippen LogP contribution in [0.1, 0.15) is 10.4 Å². The average molecular weight is 281 g/mol. The summed E-state index contributed by atoms with van der Waals surface area (Å²) in [5.74, 6) is -1.52. The quantitative estimate of drug-likeness (QED) is 0.929. The van der Waals surface area contributed by atoms with Crippen LogP contribution in [0.2, 0.25) is 5.02 Å². The van der Waals surface area contributed by atoms with Crippen molar-refractivity contribution in [2.75, 3.05) is 7.11 Å². The predicted octanol–water partition coefficient (Wildman–Crippen LogP) is 3.85. The zero-order chi connectivity index (χ0) is 14.0. The molecule has 0 atom stereocenters. The van der Waals surface area contributed by atoms with Crippen LogP contribution in [0.3, 0.4) is 0 Å². The van der Waals surface area contributed by atoms with E-state index >= 15 is 0 Å². The summed E-state index contributed by atoms with van der Waals surface area (Å²) < 4.78 is 18.4. The first kappa shape index (κ1) is 13.4.